The van der Waals surface area contributed by atoms with Gasteiger partial charge in [-0.3, -0.25) is 0 Å². The van der Waals surface area contributed by atoms with E-state index in [0.717, 1.165) is 122 Å². The first-order valence-electron chi connectivity index (χ1n) is 28.4. The molecule has 0 unspecified atom stereocenters. The minimum absolute atomic E-state index is 0.0110. The second-order valence-electron chi connectivity index (χ2n) is 24.6. The number of fused-ring (bicyclic) bond motifs is 9. The fraction of sp³-hybridized carbons (Fsp3) is 0.184. The van der Waals surface area contributed by atoms with Gasteiger partial charge in [-0.1, -0.05) is 191 Å². The minimum atomic E-state index is -0.0110. The van der Waals surface area contributed by atoms with Crippen LogP contribution in [0.15, 0.2) is 227 Å². The van der Waals surface area contributed by atoms with Crippen molar-refractivity contribution in [2.75, 3.05) is 9.80 Å². The van der Waals surface area contributed by atoms with Crippen LogP contribution in [0.1, 0.15) is 103 Å². The van der Waals surface area contributed by atoms with Gasteiger partial charge in [-0.05, 0) is 175 Å². The third-order valence-electron chi connectivity index (χ3n) is 16.4. The zero-order valence-electron chi connectivity index (χ0n) is 47.7. The van der Waals surface area contributed by atoms with Gasteiger partial charge in [0, 0.05) is 66.8 Å². The van der Waals surface area contributed by atoms with E-state index in [0.29, 0.717) is 11.8 Å². The summed E-state index contributed by atoms with van der Waals surface area (Å²) in [6, 6.07) is 80.6. The van der Waals surface area contributed by atoms with E-state index in [9.17, 15) is 0 Å². The molecular weight excluding hydrogens is 973 g/mol. The first-order valence-corrected chi connectivity index (χ1v) is 28.4. The summed E-state index contributed by atoms with van der Waals surface area (Å²) in [5.74, 6) is 0.873. The first kappa shape index (κ1) is 50.6. The minimum Gasteiger partial charge on any atom is -0.452 e. The lowest BCUT2D eigenvalue weighted by Gasteiger charge is -2.28. The van der Waals surface area contributed by atoms with Crippen LogP contribution in [0, 0.1) is 0 Å². The highest BCUT2D eigenvalue weighted by molar-refractivity contribution is 6.31. The number of hydrogen-bond donors (Lipinski definition) is 0. The van der Waals surface area contributed by atoms with Gasteiger partial charge in [0.15, 0.2) is 11.2 Å². The molecule has 0 aliphatic carbocycles. The number of furan rings is 2. The molecule has 0 saturated heterocycles. The summed E-state index contributed by atoms with van der Waals surface area (Å²) in [7, 11) is 0. The van der Waals surface area contributed by atoms with Gasteiger partial charge in [-0.15, -0.1) is 0 Å². The quantitative estimate of drug-likeness (QED) is 0.137. The van der Waals surface area contributed by atoms with Crippen LogP contribution in [0.25, 0.3) is 87.7 Å². The molecule has 0 amide bonds. The van der Waals surface area contributed by atoms with Gasteiger partial charge in [0.05, 0.1) is 0 Å². The molecule has 4 nitrogen and oxygen atoms in total. The average molecular weight is 1040 g/mol. The van der Waals surface area contributed by atoms with E-state index in [2.05, 4.69) is 297 Å². The Balaban J connectivity index is 1.04. The van der Waals surface area contributed by atoms with E-state index >= 15 is 0 Å². The summed E-state index contributed by atoms with van der Waals surface area (Å²) in [5, 5.41) is 8.61. The smallest absolute Gasteiger partial charge is 0.179 e. The van der Waals surface area contributed by atoms with E-state index in [4.69, 9.17) is 8.83 Å². The Morgan fingerprint density at radius 1 is 0.325 bits per heavy atom. The van der Waals surface area contributed by atoms with Crippen molar-refractivity contribution in [3.63, 3.8) is 0 Å². The number of nitrogens with zero attached hydrogens (tertiary/aromatic N) is 2. The van der Waals surface area contributed by atoms with Crippen molar-refractivity contribution in [1.82, 2.24) is 0 Å². The SMILES string of the molecule is CC(C)c1ccc(N(c2cccc(C(C)(C)C)c2)c2ccc3cc4c(cc3c2)oc2c3oc5cc6cc(N(c7ccc(C(C)C)cc7)c7cccc(C(C)(C)C)c7)ccc6cc5c3c(-c3ccccc3)c(-c3ccccc3)c42)cc1. The predicted octanol–water partition coefficient (Wildman–Crippen LogP) is 22.9. The van der Waals surface area contributed by atoms with Gasteiger partial charge >= 0.3 is 0 Å². The number of hydrogen-bond acceptors (Lipinski definition) is 4. The molecule has 0 bridgehead atoms. The highest BCUT2D eigenvalue weighted by atomic mass is 16.4. The second-order valence-corrected chi connectivity index (χ2v) is 24.6. The maximum absolute atomic E-state index is 7.30. The van der Waals surface area contributed by atoms with Crippen molar-refractivity contribution < 1.29 is 8.83 Å². The van der Waals surface area contributed by atoms with Crippen molar-refractivity contribution in [3.05, 3.63) is 241 Å². The molecule has 80 heavy (non-hydrogen) atoms. The highest BCUT2D eigenvalue weighted by Gasteiger charge is 2.28. The lowest BCUT2D eigenvalue weighted by atomic mass is 9.86. The van der Waals surface area contributed by atoms with E-state index in [1.54, 1.807) is 0 Å². The molecule has 0 aliphatic heterocycles. The molecular formula is C76H68N2O2. The first-order chi connectivity index (χ1) is 38.6. The van der Waals surface area contributed by atoms with Crippen LogP contribution in [0.3, 0.4) is 0 Å². The third-order valence-corrected chi connectivity index (χ3v) is 16.4. The van der Waals surface area contributed by atoms with Crippen molar-refractivity contribution in [1.29, 1.82) is 0 Å². The van der Waals surface area contributed by atoms with Gasteiger partial charge in [0.25, 0.3) is 0 Å². The van der Waals surface area contributed by atoms with Crippen molar-refractivity contribution in [2.24, 2.45) is 0 Å². The molecule has 0 N–H and O–H groups in total. The fourth-order valence-corrected chi connectivity index (χ4v) is 11.9. The number of anilines is 6. The lowest BCUT2D eigenvalue weighted by molar-refractivity contribution is 0.590. The van der Waals surface area contributed by atoms with Crippen LogP contribution < -0.4 is 9.80 Å². The molecule has 0 saturated carbocycles. The fourth-order valence-electron chi connectivity index (χ4n) is 11.9. The third kappa shape index (κ3) is 8.97. The molecule has 13 rings (SSSR count). The Morgan fingerprint density at radius 3 is 1.05 bits per heavy atom. The molecule has 0 aliphatic rings. The molecule has 4 heteroatoms. The molecule has 0 fully saturated rings. The molecule has 0 atom stereocenters. The average Bonchev–Trinajstić information content (AvgIpc) is 4.25. The van der Waals surface area contributed by atoms with Crippen LogP contribution in [-0.4, -0.2) is 0 Å². The molecule has 0 spiro atoms. The van der Waals surface area contributed by atoms with Crippen LogP contribution in [0.2, 0.25) is 0 Å². The summed E-state index contributed by atoms with van der Waals surface area (Å²) in [6.07, 6.45) is 0. The van der Waals surface area contributed by atoms with Gasteiger partial charge in [-0.2, -0.15) is 0 Å². The zero-order chi connectivity index (χ0) is 55.2. The Kier molecular flexibility index (Phi) is 12.3. The van der Waals surface area contributed by atoms with Crippen LogP contribution in [0.4, 0.5) is 34.1 Å². The maximum atomic E-state index is 7.30. The molecule has 0 radical (unpaired) electrons. The van der Waals surface area contributed by atoms with Crippen LogP contribution >= 0.6 is 0 Å². The van der Waals surface area contributed by atoms with E-state index in [1.807, 2.05) is 0 Å². The lowest BCUT2D eigenvalue weighted by Crippen LogP contribution is -2.14. The largest absolute Gasteiger partial charge is 0.452 e. The Hall–Kier alpha value is -8.86. The summed E-state index contributed by atoms with van der Waals surface area (Å²) >= 11 is 0. The van der Waals surface area contributed by atoms with E-state index < -0.39 is 0 Å². The Morgan fingerprint density at radius 2 is 0.688 bits per heavy atom. The molecule has 11 aromatic carbocycles. The Bertz CT molecular complexity index is 4180. The van der Waals surface area contributed by atoms with Crippen LogP contribution in [0.5, 0.6) is 0 Å². The second kappa shape index (κ2) is 19.5. The molecule has 2 heterocycles. The molecule has 2 aromatic heterocycles. The monoisotopic (exact) mass is 1040 g/mol. The topological polar surface area (TPSA) is 32.8 Å². The normalized spacial score (nSPS) is 12.3. The van der Waals surface area contributed by atoms with E-state index in [1.165, 1.54) is 22.3 Å². The summed E-state index contributed by atoms with van der Waals surface area (Å²) in [6.45, 7) is 22.7. The molecule has 394 valence electrons. The van der Waals surface area contributed by atoms with Crippen molar-refractivity contribution in [3.8, 4) is 22.3 Å². The molecule has 13 aromatic rings. The predicted molar refractivity (Wildman–Crippen MR) is 342 cm³/mol. The highest BCUT2D eigenvalue weighted by Crippen LogP contribution is 2.52. The zero-order valence-corrected chi connectivity index (χ0v) is 47.7. The maximum Gasteiger partial charge on any atom is 0.179 e. The van der Waals surface area contributed by atoms with Gasteiger partial charge in [0.1, 0.15) is 11.2 Å². The Labute approximate surface area is 470 Å². The number of benzene rings is 11. The van der Waals surface area contributed by atoms with Crippen molar-refractivity contribution >= 4 is 99.5 Å². The summed E-state index contributed by atoms with van der Waals surface area (Å²) < 4.78 is 14.6. The van der Waals surface area contributed by atoms with Gasteiger partial charge in [0.2, 0.25) is 0 Å². The van der Waals surface area contributed by atoms with Crippen LogP contribution in [-0.2, 0) is 10.8 Å². The van der Waals surface area contributed by atoms with Crippen molar-refractivity contribution in [2.45, 2.75) is 91.9 Å². The summed E-state index contributed by atoms with van der Waals surface area (Å²) in [4.78, 5) is 4.77. The van der Waals surface area contributed by atoms with E-state index in [-0.39, 0.29) is 10.8 Å². The van der Waals surface area contributed by atoms with Gasteiger partial charge < -0.3 is 18.6 Å². The summed E-state index contributed by atoms with van der Waals surface area (Å²) in [5.41, 5.74) is 19.4. The number of rotatable bonds is 10. The van der Waals surface area contributed by atoms with Gasteiger partial charge in [-0.25, -0.2) is 0 Å². The standard InChI is InChI=1S/C76H68N2O2/c1-47(2)49-27-33-59(34-28-49)77(61-25-17-23-57(45-61)75(5,6)7)63-37-31-53-41-65-67(43-55(53)39-63)79-73-71(65)69(51-19-13-11-14-20-51)70(52-21-15-12-16-22-52)72-66-42-54-32-38-64(40-56(54)44-68(66)80-74(72)73)78(60-35-29-50(30-36-60)48(3)4)62-26-18-24-58(46-62)76(8,9)10/h11-48H,1-10H3.